The van der Waals surface area contributed by atoms with E-state index in [4.69, 9.17) is 11.6 Å². The molecule has 0 unspecified atom stereocenters. The Labute approximate surface area is 205 Å². The molecule has 2 aromatic heterocycles. The maximum absolute atomic E-state index is 12.3. The molecule has 2 aromatic carbocycles. The van der Waals surface area contributed by atoms with Crippen LogP contribution in [0.2, 0.25) is 5.02 Å². The molecular formula is C24H23ClN5O3S-. The molecule has 1 amide bonds. The van der Waals surface area contributed by atoms with Gasteiger partial charge in [-0.2, -0.15) is 0 Å². The molecule has 0 aliphatic heterocycles. The summed E-state index contributed by atoms with van der Waals surface area (Å²) in [5.41, 5.74) is 2.74. The van der Waals surface area contributed by atoms with Crippen molar-refractivity contribution in [3.8, 4) is 17.1 Å². The summed E-state index contributed by atoms with van der Waals surface area (Å²) in [5.74, 6) is -0.324. The van der Waals surface area contributed by atoms with Crippen LogP contribution in [-0.2, 0) is 9.59 Å². The Morgan fingerprint density at radius 1 is 1.06 bits per heavy atom. The smallest absolute Gasteiger partial charge is 0.230 e. The number of carboxylic acid groups (broad SMARTS) is 1. The second kappa shape index (κ2) is 11.2. The van der Waals surface area contributed by atoms with E-state index in [1.807, 2.05) is 47.2 Å². The number of aliphatic carboxylic acids is 1. The molecule has 2 N–H and O–H groups in total. The fraction of sp³-hybridized carbons (Fsp3) is 0.250. The van der Waals surface area contributed by atoms with Crippen molar-refractivity contribution in [3.05, 3.63) is 59.8 Å². The number of hydrogen-bond donors (Lipinski definition) is 2. The molecule has 0 saturated heterocycles. The Morgan fingerprint density at radius 3 is 2.65 bits per heavy atom. The Kier molecular flexibility index (Phi) is 7.87. The van der Waals surface area contributed by atoms with Crippen molar-refractivity contribution in [1.29, 1.82) is 0 Å². The predicted molar refractivity (Wildman–Crippen MR) is 131 cm³/mol. The van der Waals surface area contributed by atoms with Crippen LogP contribution in [0, 0.1) is 0 Å². The molecule has 0 radical (unpaired) electrons. The summed E-state index contributed by atoms with van der Waals surface area (Å²) in [7, 11) is 0. The van der Waals surface area contributed by atoms with E-state index in [9.17, 15) is 14.7 Å². The largest absolute Gasteiger partial charge is 0.550 e. The van der Waals surface area contributed by atoms with E-state index in [2.05, 4.69) is 20.5 Å². The highest BCUT2D eigenvalue weighted by molar-refractivity contribution is 7.99. The summed E-state index contributed by atoms with van der Waals surface area (Å²) in [4.78, 5) is 26.1. The van der Waals surface area contributed by atoms with Crippen molar-refractivity contribution in [2.24, 2.45) is 0 Å². The number of amides is 1. The summed E-state index contributed by atoms with van der Waals surface area (Å²) in [6, 6.07) is 15.4. The molecule has 10 heteroatoms. The molecule has 0 spiro atoms. The van der Waals surface area contributed by atoms with Crippen molar-refractivity contribution >= 4 is 46.1 Å². The SMILES string of the molecule is O=C([O-])CCCCCNC(=O)CSc1nnc(-c2c[nH]c3ccccc23)n1-c1ccc(Cl)cc1. The number of halogens is 1. The molecule has 0 aliphatic rings. The molecule has 0 saturated carbocycles. The van der Waals surface area contributed by atoms with Crippen LogP contribution in [0.3, 0.4) is 0 Å². The molecule has 176 valence electrons. The maximum atomic E-state index is 12.3. The molecule has 0 aliphatic carbocycles. The number of fused-ring (bicyclic) bond motifs is 1. The van der Waals surface area contributed by atoms with Gasteiger partial charge >= 0.3 is 0 Å². The van der Waals surface area contributed by atoms with E-state index in [1.165, 1.54) is 11.8 Å². The highest BCUT2D eigenvalue weighted by Crippen LogP contribution is 2.32. The van der Waals surface area contributed by atoms with Crippen molar-refractivity contribution in [2.75, 3.05) is 12.3 Å². The van der Waals surface area contributed by atoms with Crippen molar-refractivity contribution in [1.82, 2.24) is 25.1 Å². The Morgan fingerprint density at radius 2 is 1.85 bits per heavy atom. The Hall–Kier alpha value is -3.30. The second-order valence-corrected chi connectivity index (χ2v) is 9.07. The lowest BCUT2D eigenvalue weighted by atomic mass is 10.1. The van der Waals surface area contributed by atoms with Gasteiger partial charge in [0.1, 0.15) is 0 Å². The Balaban J connectivity index is 1.49. The van der Waals surface area contributed by atoms with E-state index in [0.29, 0.717) is 29.0 Å². The maximum Gasteiger partial charge on any atom is 0.230 e. The van der Waals surface area contributed by atoms with Crippen LogP contribution in [0.25, 0.3) is 28.0 Å². The van der Waals surface area contributed by atoms with Gasteiger partial charge in [-0.15, -0.1) is 10.2 Å². The topological polar surface area (TPSA) is 116 Å². The molecule has 0 bridgehead atoms. The number of carboxylic acids is 1. The number of carbonyl (C=O) groups is 2. The molecule has 4 rings (SSSR count). The molecule has 0 fully saturated rings. The van der Waals surface area contributed by atoms with Crippen LogP contribution in [0.15, 0.2) is 59.9 Å². The van der Waals surface area contributed by atoms with Crippen LogP contribution in [0.4, 0.5) is 0 Å². The van der Waals surface area contributed by atoms with Crippen LogP contribution < -0.4 is 10.4 Å². The summed E-state index contributed by atoms with van der Waals surface area (Å²) in [5, 5.41) is 24.4. The van der Waals surface area contributed by atoms with Gasteiger partial charge < -0.3 is 20.2 Å². The van der Waals surface area contributed by atoms with Crippen LogP contribution in [-0.4, -0.2) is 43.9 Å². The van der Waals surface area contributed by atoms with E-state index >= 15 is 0 Å². The standard InChI is InChI=1S/C24H24ClN5O3S/c25-16-9-11-17(12-10-16)30-23(19-14-27-20-7-4-3-6-18(19)20)28-29-24(30)34-15-21(31)26-13-5-1-2-8-22(32)33/h3-4,6-7,9-12,14,27H,1-2,5,8,13,15H2,(H,26,31)(H,32,33)/p-1. The average molecular weight is 497 g/mol. The zero-order valence-corrected chi connectivity index (χ0v) is 19.9. The van der Waals surface area contributed by atoms with Gasteiger partial charge in [-0.1, -0.05) is 48.0 Å². The summed E-state index contributed by atoms with van der Waals surface area (Å²) in [6.45, 7) is 0.497. The van der Waals surface area contributed by atoms with Gasteiger partial charge in [-0.25, -0.2) is 0 Å². The lowest BCUT2D eigenvalue weighted by molar-refractivity contribution is -0.305. The third-order valence-corrected chi connectivity index (χ3v) is 6.44. The predicted octanol–water partition coefficient (Wildman–Crippen LogP) is 3.59. The third kappa shape index (κ3) is 5.78. The molecule has 0 atom stereocenters. The zero-order valence-electron chi connectivity index (χ0n) is 18.3. The number of aromatic amines is 1. The summed E-state index contributed by atoms with van der Waals surface area (Å²) in [6.07, 6.45) is 3.94. The number of thioether (sulfide) groups is 1. The monoisotopic (exact) mass is 496 g/mol. The number of H-pyrrole nitrogens is 1. The van der Waals surface area contributed by atoms with Gasteiger partial charge in [0.2, 0.25) is 5.91 Å². The quantitative estimate of drug-likeness (QED) is 0.242. The fourth-order valence-corrected chi connectivity index (χ4v) is 4.51. The lowest BCUT2D eigenvalue weighted by Gasteiger charge is -2.10. The van der Waals surface area contributed by atoms with E-state index in [0.717, 1.165) is 35.0 Å². The van der Waals surface area contributed by atoms with Gasteiger partial charge in [0, 0.05) is 45.9 Å². The highest BCUT2D eigenvalue weighted by atomic mass is 35.5. The van der Waals surface area contributed by atoms with Gasteiger partial charge in [0.25, 0.3) is 0 Å². The Bertz CT molecular complexity index is 1290. The number of carbonyl (C=O) groups excluding carboxylic acids is 2. The third-order valence-electron chi connectivity index (χ3n) is 5.26. The van der Waals surface area contributed by atoms with Crippen LogP contribution in [0.5, 0.6) is 0 Å². The minimum atomic E-state index is -1.04. The van der Waals surface area contributed by atoms with Gasteiger partial charge in [0.15, 0.2) is 11.0 Å². The van der Waals surface area contributed by atoms with Crippen molar-refractivity contribution < 1.29 is 14.7 Å². The second-order valence-electron chi connectivity index (χ2n) is 7.69. The van der Waals surface area contributed by atoms with Crippen LogP contribution >= 0.6 is 23.4 Å². The number of rotatable bonds is 11. The van der Waals surface area contributed by atoms with Gasteiger partial charge in [-0.3, -0.25) is 9.36 Å². The first-order valence-corrected chi connectivity index (χ1v) is 12.3. The van der Waals surface area contributed by atoms with E-state index < -0.39 is 5.97 Å². The normalized spacial score (nSPS) is 11.1. The highest BCUT2D eigenvalue weighted by Gasteiger charge is 2.19. The number of unbranched alkanes of at least 4 members (excludes halogenated alkanes) is 2. The zero-order chi connectivity index (χ0) is 23.9. The number of nitrogens with zero attached hydrogens (tertiary/aromatic N) is 3. The first-order chi connectivity index (χ1) is 16.5. The minimum Gasteiger partial charge on any atom is -0.550 e. The molecule has 2 heterocycles. The van der Waals surface area contributed by atoms with Gasteiger partial charge in [-0.05, 0) is 49.6 Å². The van der Waals surface area contributed by atoms with Crippen molar-refractivity contribution in [2.45, 2.75) is 30.8 Å². The van der Waals surface area contributed by atoms with Crippen molar-refractivity contribution in [3.63, 3.8) is 0 Å². The van der Waals surface area contributed by atoms with Gasteiger partial charge in [0.05, 0.1) is 5.75 Å². The number of aromatic nitrogens is 4. The van der Waals surface area contributed by atoms with E-state index in [1.54, 1.807) is 12.1 Å². The summed E-state index contributed by atoms with van der Waals surface area (Å²) >= 11 is 7.39. The molecule has 8 nitrogen and oxygen atoms in total. The molecule has 34 heavy (non-hydrogen) atoms. The number of hydrogen-bond acceptors (Lipinski definition) is 6. The van der Waals surface area contributed by atoms with Crippen LogP contribution in [0.1, 0.15) is 25.7 Å². The molecule has 4 aromatic rings. The number of para-hydroxylation sites is 1. The number of nitrogens with one attached hydrogen (secondary N) is 2. The first-order valence-electron chi connectivity index (χ1n) is 10.9. The number of benzene rings is 2. The van der Waals surface area contributed by atoms with E-state index in [-0.39, 0.29) is 18.1 Å². The average Bonchev–Trinajstić information content (AvgIpc) is 3.44. The lowest BCUT2D eigenvalue weighted by Crippen LogP contribution is -2.26. The molecular weight excluding hydrogens is 474 g/mol. The first kappa shape index (κ1) is 23.8. The fourth-order valence-electron chi connectivity index (χ4n) is 3.60. The summed E-state index contributed by atoms with van der Waals surface area (Å²) < 4.78 is 1.92. The minimum absolute atomic E-state index is 0.0446.